The van der Waals surface area contributed by atoms with Crippen molar-refractivity contribution in [3.8, 4) is 0 Å². The zero-order valence-electron chi connectivity index (χ0n) is 10.3. The molecule has 0 spiro atoms. The molecule has 104 valence electrons. The second-order valence-corrected chi connectivity index (χ2v) is 5.05. The van der Waals surface area contributed by atoms with Gasteiger partial charge in [0.15, 0.2) is 0 Å². The van der Waals surface area contributed by atoms with Crippen LogP contribution >= 0.6 is 36.2 Å². The van der Waals surface area contributed by atoms with Crippen LogP contribution in [0.2, 0.25) is 0 Å². The molecular weight excluding hydrogens is 293 g/mol. The molecule has 1 aliphatic heterocycles. The minimum atomic E-state index is -0.00481. The molecule has 1 aliphatic rings. The van der Waals surface area contributed by atoms with E-state index in [0.717, 1.165) is 30.1 Å². The van der Waals surface area contributed by atoms with Gasteiger partial charge in [0.1, 0.15) is 5.01 Å². The fourth-order valence-electron chi connectivity index (χ4n) is 1.85. The molecule has 0 saturated carbocycles. The zero-order valence-corrected chi connectivity index (χ0v) is 12.7. The largest absolute Gasteiger partial charge is 0.348 e. The normalized spacial score (nSPS) is 18.4. The highest BCUT2D eigenvalue weighted by molar-refractivity contribution is 7.09. The van der Waals surface area contributed by atoms with Crippen molar-refractivity contribution >= 4 is 42.1 Å². The maximum atomic E-state index is 11.8. The van der Waals surface area contributed by atoms with Crippen LogP contribution in [-0.4, -0.2) is 23.5 Å². The Morgan fingerprint density at radius 1 is 1.56 bits per heavy atom. The lowest BCUT2D eigenvalue weighted by Gasteiger charge is -2.22. The summed E-state index contributed by atoms with van der Waals surface area (Å²) >= 11 is 1.59. The van der Waals surface area contributed by atoms with Crippen LogP contribution in [0.3, 0.4) is 0 Å². The molecule has 0 aromatic carbocycles. The van der Waals surface area contributed by atoms with Crippen molar-refractivity contribution in [1.29, 1.82) is 0 Å². The van der Waals surface area contributed by atoms with Crippen molar-refractivity contribution in [2.75, 3.05) is 6.54 Å². The van der Waals surface area contributed by atoms with Crippen LogP contribution in [0.5, 0.6) is 0 Å². The van der Waals surface area contributed by atoms with Crippen molar-refractivity contribution in [1.82, 2.24) is 15.6 Å². The lowest BCUT2D eigenvalue weighted by molar-refractivity contribution is -0.123. The maximum absolute atomic E-state index is 11.8. The Hall–Kier alpha value is -0.360. The quantitative estimate of drug-likeness (QED) is 0.898. The first-order valence-corrected chi connectivity index (χ1v) is 6.56. The molecule has 1 atom stereocenters. The van der Waals surface area contributed by atoms with Crippen LogP contribution in [0, 0.1) is 6.92 Å². The van der Waals surface area contributed by atoms with Crippen molar-refractivity contribution in [3.05, 3.63) is 16.1 Å². The third kappa shape index (κ3) is 5.10. The Bertz CT molecular complexity index is 367. The summed E-state index contributed by atoms with van der Waals surface area (Å²) in [7, 11) is 0. The highest BCUT2D eigenvalue weighted by Crippen LogP contribution is 2.09. The summed E-state index contributed by atoms with van der Waals surface area (Å²) in [4.78, 5) is 16.1. The van der Waals surface area contributed by atoms with Crippen LogP contribution in [0.1, 0.15) is 30.0 Å². The Labute approximate surface area is 124 Å². The second kappa shape index (κ2) is 8.69. The molecule has 7 heteroatoms. The highest BCUT2D eigenvalue weighted by atomic mass is 35.5. The van der Waals surface area contributed by atoms with Crippen molar-refractivity contribution in [2.24, 2.45) is 0 Å². The van der Waals surface area contributed by atoms with Crippen LogP contribution in [-0.2, 0) is 11.3 Å². The molecule has 4 nitrogen and oxygen atoms in total. The molecule has 1 saturated heterocycles. The SMILES string of the molecule is Cc1csc(CNC(=O)[C@@H]2CCCCN2)n1.Cl.Cl. The number of nitrogens with zero attached hydrogens (tertiary/aromatic N) is 1. The zero-order chi connectivity index (χ0) is 11.4. The van der Waals surface area contributed by atoms with Gasteiger partial charge in [0, 0.05) is 11.1 Å². The van der Waals surface area contributed by atoms with Gasteiger partial charge in [-0.1, -0.05) is 6.42 Å². The van der Waals surface area contributed by atoms with Crippen molar-refractivity contribution in [3.63, 3.8) is 0 Å². The number of hydrogen-bond donors (Lipinski definition) is 2. The Balaban J connectivity index is 0.00000144. The monoisotopic (exact) mass is 311 g/mol. The van der Waals surface area contributed by atoms with Gasteiger partial charge in [-0.2, -0.15) is 0 Å². The number of carbonyl (C=O) groups is 1. The Morgan fingerprint density at radius 3 is 2.89 bits per heavy atom. The van der Waals surface area contributed by atoms with E-state index in [0.29, 0.717) is 6.54 Å². The molecule has 1 aromatic heterocycles. The Kier molecular flexibility index (Phi) is 8.52. The van der Waals surface area contributed by atoms with E-state index in [1.165, 1.54) is 6.42 Å². The van der Waals surface area contributed by atoms with Gasteiger partial charge in [0.2, 0.25) is 5.91 Å². The molecule has 0 radical (unpaired) electrons. The van der Waals surface area contributed by atoms with Gasteiger partial charge in [-0.05, 0) is 26.3 Å². The van der Waals surface area contributed by atoms with E-state index in [4.69, 9.17) is 0 Å². The first-order chi connectivity index (χ1) is 7.75. The summed E-state index contributed by atoms with van der Waals surface area (Å²) in [5, 5.41) is 9.13. The number of thiazole rings is 1. The van der Waals surface area contributed by atoms with Crippen molar-refractivity contribution < 1.29 is 4.79 Å². The summed E-state index contributed by atoms with van der Waals surface area (Å²) in [6, 6.07) is -0.00481. The van der Waals surface area contributed by atoms with Crippen LogP contribution in [0.15, 0.2) is 5.38 Å². The smallest absolute Gasteiger partial charge is 0.237 e. The number of rotatable bonds is 3. The fraction of sp³-hybridized carbons (Fsp3) is 0.636. The molecule has 2 N–H and O–H groups in total. The first-order valence-electron chi connectivity index (χ1n) is 5.68. The minimum Gasteiger partial charge on any atom is -0.348 e. The predicted octanol–water partition coefficient (Wildman–Crippen LogP) is 2.05. The average molecular weight is 312 g/mol. The van der Waals surface area contributed by atoms with Gasteiger partial charge in [-0.25, -0.2) is 4.98 Å². The lowest BCUT2D eigenvalue weighted by Crippen LogP contribution is -2.46. The number of halogens is 2. The van der Waals surface area contributed by atoms with Crippen LogP contribution < -0.4 is 10.6 Å². The highest BCUT2D eigenvalue weighted by Gasteiger charge is 2.19. The number of aromatic nitrogens is 1. The molecule has 0 unspecified atom stereocenters. The fourth-order valence-corrected chi connectivity index (χ4v) is 2.56. The topological polar surface area (TPSA) is 54.0 Å². The Morgan fingerprint density at radius 2 is 2.33 bits per heavy atom. The molecule has 1 fully saturated rings. The number of hydrogen-bond acceptors (Lipinski definition) is 4. The van der Waals surface area contributed by atoms with E-state index in [-0.39, 0.29) is 36.8 Å². The second-order valence-electron chi connectivity index (χ2n) is 4.10. The van der Waals surface area contributed by atoms with Gasteiger partial charge in [0.25, 0.3) is 0 Å². The van der Waals surface area contributed by atoms with Gasteiger partial charge in [-0.3, -0.25) is 4.79 Å². The van der Waals surface area contributed by atoms with E-state index < -0.39 is 0 Å². The summed E-state index contributed by atoms with van der Waals surface area (Å²) < 4.78 is 0. The molecule has 2 heterocycles. The third-order valence-corrected chi connectivity index (χ3v) is 3.67. The summed E-state index contributed by atoms with van der Waals surface area (Å²) in [5.74, 6) is 0.104. The summed E-state index contributed by atoms with van der Waals surface area (Å²) in [6.45, 7) is 3.47. The first kappa shape index (κ1) is 17.6. The summed E-state index contributed by atoms with van der Waals surface area (Å²) in [5.41, 5.74) is 1.02. The van der Waals surface area contributed by atoms with E-state index in [1.807, 2.05) is 12.3 Å². The molecule has 1 amide bonds. The van der Waals surface area contributed by atoms with Gasteiger partial charge in [0.05, 0.1) is 12.6 Å². The predicted molar refractivity (Wildman–Crippen MR) is 78.8 cm³/mol. The number of nitrogens with one attached hydrogen (secondary N) is 2. The van der Waals surface area contributed by atoms with Crippen molar-refractivity contribution in [2.45, 2.75) is 38.8 Å². The molecule has 0 bridgehead atoms. The summed E-state index contributed by atoms with van der Waals surface area (Å²) in [6.07, 6.45) is 3.26. The van der Waals surface area contributed by atoms with Gasteiger partial charge < -0.3 is 10.6 Å². The lowest BCUT2D eigenvalue weighted by atomic mass is 10.0. The van der Waals surface area contributed by atoms with E-state index in [1.54, 1.807) is 11.3 Å². The van der Waals surface area contributed by atoms with Gasteiger partial charge in [-0.15, -0.1) is 36.2 Å². The van der Waals surface area contributed by atoms with Gasteiger partial charge >= 0.3 is 0 Å². The number of aryl methyl sites for hydroxylation is 1. The van der Waals surface area contributed by atoms with E-state index in [9.17, 15) is 4.79 Å². The minimum absolute atomic E-state index is 0. The molecule has 18 heavy (non-hydrogen) atoms. The molecule has 1 aromatic rings. The number of amides is 1. The standard InChI is InChI=1S/C11H17N3OS.2ClH/c1-8-7-16-10(14-8)6-13-11(15)9-4-2-3-5-12-9;;/h7,9,12H,2-6H2,1H3,(H,13,15);2*1H/t9-;;/m0../s1. The number of piperidine rings is 1. The average Bonchev–Trinajstić information content (AvgIpc) is 2.73. The molecule has 2 rings (SSSR count). The van der Waals surface area contributed by atoms with Crippen LogP contribution in [0.4, 0.5) is 0 Å². The van der Waals surface area contributed by atoms with E-state index >= 15 is 0 Å². The molecular formula is C11H19Cl2N3OS. The number of carbonyl (C=O) groups excluding carboxylic acids is 1. The van der Waals surface area contributed by atoms with E-state index in [2.05, 4.69) is 15.6 Å². The third-order valence-electron chi connectivity index (χ3n) is 2.71. The van der Waals surface area contributed by atoms with Crippen LogP contribution in [0.25, 0.3) is 0 Å². The maximum Gasteiger partial charge on any atom is 0.237 e. The molecule has 0 aliphatic carbocycles.